The summed E-state index contributed by atoms with van der Waals surface area (Å²) in [5.41, 5.74) is 0.764. The van der Waals surface area contributed by atoms with Crippen LogP contribution in [0, 0.1) is 0 Å². The fraction of sp³-hybridized carbons (Fsp3) is 0.556. The van der Waals surface area contributed by atoms with Crippen LogP contribution in [0.2, 0.25) is 0 Å². The number of carbonyl (C=O) groups is 2. The highest BCUT2D eigenvalue weighted by Gasteiger charge is 2.45. The number of ketones is 1. The van der Waals surface area contributed by atoms with E-state index in [0.717, 1.165) is 5.56 Å². The van der Waals surface area contributed by atoms with Crippen LogP contribution in [0.15, 0.2) is 30.3 Å². The van der Waals surface area contributed by atoms with Crippen molar-refractivity contribution in [2.45, 2.75) is 31.4 Å². The molecule has 1 unspecified atom stereocenters. The van der Waals surface area contributed by atoms with Gasteiger partial charge in [-0.3, -0.25) is 9.59 Å². The van der Waals surface area contributed by atoms with E-state index in [1.807, 2.05) is 6.07 Å². The number of morpholine rings is 1. The van der Waals surface area contributed by atoms with Crippen molar-refractivity contribution in [1.29, 1.82) is 0 Å². The number of hydrogen-bond acceptors (Lipinski definition) is 5. The molecule has 1 heterocycles. The first-order valence-electron chi connectivity index (χ1n) is 8.34. The number of rotatable bonds is 6. The van der Waals surface area contributed by atoms with Crippen molar-refractivity contribution in [2.75, 3.05) is 32.1 Å². The average Bonchev–Trinajstić information content (AvgIpc) is 2.61. The molecule has 1 aliphatic heterocycles. The first kappa shape index (κ1) is 19.6. The number of ether oxygens (including phenoxy) is 1. The van der Waals surface area contributed by atoms with Crippen molar-refractivity contribution < 1.29 is 22.7 Å². The summed E-state index contributed by atoms with van der Waals surface area (Å²) < 4.78 is 29.1. The topological polar surface area (TPSA) is 80.8 Å². The first-order valence-corrected chi connectivity index (χ1v) is 9.99. The van der Waals surface area contributed by atoms with Crippen LogP contribution < -0.4 is 0 Å². The number of hydrogen-bond donors (Lipinski definition) is 0. The van der Waals surface area contributed by atoms with E-state index in [1.165, 1.54) is 18.7 Å². The molecule has 1 atom stereocenters. The van der Waals surface area contributed by atoms with Gasteiger partial charge in [0.1, 0.15) is 10.5 Å². The SMILES string of the molecule is CC(C(=O)CS(=O)(=O)C(C)(C)C(=O)N1CCOCC1)c1ccccc1. The van der Waals surface area contributed by atoms with Gasteiger partial charge >= 0.3 is 0 Å². The minimum atomic E-state index is -3.94. The van der Waals surface area contributed by atoms with E-state index in [4.69, 9.17) is 4.74 Å². The van der Waals surface area contributed by atoms with Crippen molar-refractivity contribution in [1.82, 2.24) is 4.90 Å². The summed E-state index contributed by atoms with van der Waals surface area (Å²) in [5.74, 6) is -2.07. The lowest BCUT2D eigenvalue weighted by atomic mass is 9.98. The maximum Gasteiger partial charge on any atom is 0.243 e. The quantitative estimate of drug-likeness (QED) is 0.759. The van der Waals surface area contributed by atoms with Gasteiger partial charge in [-0.1, -0.05) is 37.3 Å². The second-order valence-corrected chi connectivity index (χ2v) is 9.31. The average molecular weight is 367 g/mol. The zero-order chi connectivity index (χ0) is 18.7. The van der Waals surface area contributed by atoms with E-state index >= 15 is 0 Å². The Morgan fingerprint density at radius 2 is 1.72 bits per heavy atom. The second-order valence-electron chi connectivity index (χ2n) is 6.77. The van der Waals surface area contributed by atoms with Crippen LogP contribution >= 0.6 is 0 Å². The molecule has 0 aromatic heterocycles. The van der Waals surface area contributed by atoms with E-state index in [2.05, 4.69) is 0 Å². The molecule has 7 heteroatoms. The summed E-state index contributed by atoms with van der Waals surface area (Å²) in [4.78, 5) is 26.6. The van der Waals surface area contributed by atoms with E-state index in [0.29, 0.717) is 26.3 Å². The van der Waals surface area contributed by atoms with Crippen molar-refractivity contribution >= 4 is 21.5 Å². The van der Waals surface area contributed by atoms with Gasteiger partial charge < -0.3 is 9.64 Å². The van der Waals surface area contributed by atoms with Gasteiger partial charge in [-0.25, -0.2) is 8.42 Å². The fourth-order valence-electron chi connectivity index (χ4n) is 2.70. The van der Waals surface area contributed by atoms with Crippen molar-refractivity contribution in [2.24, 2.45) is 0 Å². The van der Waals surface area contributed by atoms with Gasteiger partial charge in [-0.15, -0.1) is 0 Å². The molecule has 1 aromatic carbocycles. The lowest BCUT2D eigenvalue weighted by molar-refractivity contribution is -0.137. The smallest absolute Gasteiger partial charge is 0.243 e. The molecule has 1 aliphatic rings. The molecule has 1 amide bonds. The van der Waals surface area contributed by atoms with Crippen LogP contribution in [0.25, 0.3) is 0 Å². The molecule has 138 valence electrons. The summed E-state index contributed by atoms with van der Waals surface area (Å²) in [6.45, 7) is 5.96. The number of benzene rings is 1. The Morgan fingerprint density at radius 3 is 2.28 bits per heavy atom. The number of carbonyl (C=O) groups excluding carboxylic acids is 2. The summed E-state index contributed by atoms with van der Waals surface area (Å²) in [6.07, 6.45) is 0. The van der Waals surface area contributed by atoms with Crippen LogP contribution in [0.5, 0.6) is 0 Å². The molecule has 0 radical (unpaired) electrons. The molecular formula is C18H25NO5S. The maximum absolute atomic E-state index is 12.8. The van der Waals surface area contributed by atoms with Gasteiger partial charge in [-0.2, -0.15) is 0 Å². The highest BCUT2D eigenvalue weighted by molar-refractivity contribution is 7.94. The Bertz CT molecular complexity index is 721. The number of amides is 1. The van der Waals surface area contributed by atoms with Gasteiger partial charge in [0.2, 0.25) is 5.91 Å². The lowest BCUT2D eigenvalue weighted by Crippen LogP contribution is -2.54. The van der Waals surface area contributed by atoms with Crippen LogP contribution in [0.3, 0.4) is 0 Å². The van der Waals surface area contributed by atoms with E-state index in [1.54, 1.807) is 31.2 Å². The van der Waals surface area contributed by atoms with Crippen molar-refractivity contribution in [3.05, 3.63) is 35.9 Å². The highest BCUT2D eigenvalue weighted by Crippen LogP contribution is 2.24. The molecule has 0 saturated carbocycles. The summed E-state index contributed by atoms with van der Waals surface area (Å²) in [7, 11) is -3.94. The van der Waals surface area contributed by atoms with Gasteiger partial charge in [-0.05, 0) is 19.4 Å². The molecule has 6 nitrogen and oxygen atoms in total. The third kappa shape index (κ3) is 4.27. The summed E-state index contributed by atoms with van der Waals surface area (Å²) in [6, 6.07) is 9.03. The third-order valence-electron chi connectivity index (χ3n) is 4.71. The highest BCUT2D eigenvalue weighted by atomic mass is 32.2. The predicted octanol–water partition coefficient (Wildman–Crippen LogP) is 1.41. The van der Waals surface area contributed by atoms with E-state index < -0.39 is 37.9 Å². The Morgan fingerprint density at radius 1 is 1.16 bits per heavy atom. The van der Waals surface area contributed by atoms with Crippen LogP contribution in [0.1, 0.15) is 32.3 Å². The number of nitrogens with zero attached hydrogens (tertiary/aromatic N) is 1. The second kappa shape index (κ2) is 7.66. The van der Waals surface area contributed by atoms with E-state index in [9.17, 15) is 18.0 Å². The van der Waals surface area contributed by atoms with Gasteiger partial charge in [0.05, 0.1) is 13.2 Å². The molecule has 0 N–H and O–H groups in total. The predicted molar refractivity (Wildman–Crippen MR) is 95.1 cm³/mol. The van der Waals surface area contributed by atoms with Crippen LogP contribution in [-0.4, -0.2) is 61.8 Å². The Balaban J connectivity index is 2.13. The standard InChI is InChI=1S/C18H25NO5S/c1-14(15-7-5-4-6-8-15)16(20)13-25(22,23)18(2,3)17(21)19-9-11-24-12-10-19/h4-8,14H,9-13H2,1-3H3. The number of Topliss-reactive ketones (excluding diaryl/α,β-unsaturated/α-hetero) is 1. The molecule has 25 heavy (non-hydrogen) atoms. The minimum Gasteiger partial charge on any atom is -0.378 e. The Hall–Kier alpha value is -1.73. The first-order chi connectivity index (χ1) is 11.7. The summed E-state index contributed by atoms with van der Waals surface area (Å²) >= 11 is 0. The van der Waals surface area contributed by atoms with Gasteiger partial charge in [0.15, 0.2) is 15.6 Å². The zero-order valence-corrected chi connectivity index (χ0v) is 15.7. The Kier molecular flexibility index (Phi) is 6.00. The largest absolute Gasteiger partial charge is 0.378 e. The molecule has 0 spiro atoms. The number of sulfone groups is 1. The monoisotopic (exact) mass is 367 g/mol. The molecule has 0 aliphatic carbocycles. The third-order valence-corrected chi connectivity index (χ3v) is 7.10. The molecule has 1 fully saturated rings. The van der Waals surface area contributed by atoms with Crippen molar-refractivity contribution in [3.63, 3.8) is 0 Å². The molecule has 1 aromatic rings. The fourth-order valence-corrected chi connectivity index (χ4v) is 4.08. The molecule has 0 bridgehead atoms. The summed E-state index contributed by atoms with van der Waals surface area (Å²) in [5, 5.41) is 0. The maximum atomic E-state index is 12.8. The van der Waals surface area contributed by atoms with Crippen molar-refractivity contribution in [3.8, 4) is 0 Å². The van der Waals surface area contributed by atoms with Crippen LogP contribution in [0.4, 0.5) is 0 Å². The molecule has 1 saturated heterocycles. The Labute approximate surface area is 149 Å². The lowest BCUT2D eigenvalue weighted by Gasteiger charge is -2.33. The molecule has 2 rings (SSSR count). The van der Waals surface area contributed by atoms with E-state index in [-0.39, 0.29) is 0 Å². The normalized spacial score (nSPS) is 17.2. The van der Waals surface area contributed by atoms with Crippen LogP contribution in [-0.2, 0) is 24.2 Å². The zero-order valence-electron chi connectivity index (χ0n) is 14.9. The van der Waals surface area contributed by atoms with Gasteiger partial charge in [0, 0.05) is 19.0 Å². The molecular weight excluding hydrogens is 342 g/mol. The minimum absolute atomic E-state index is 0.367. The van der Waals surface area contributed by atoms with Gasteiger partial charge in [0.25, 0.3) is 0 Å².